The number of aryl methyl sites for hydroxylation is 2. The molecule has 25 heavy (non-hydrogen) atoms. The molecule has 2 heteroatoms. The minimum Gasteiger partial charge on any atom is -0.398 e. The molecule has 2 aromatic rings. The number of nitrogens with two attached hydrogens (primary N) is 2. The molecule has 2 nitrogen and oxygen atoms in total. The van der Waals surface area contributed by atoms with Gasteiger partial charge in [-0.15, -0.1) is 0 Å². The molecule has 0 aliphatic heterocycles. The van der Waals surface area contributed by atoms with E-state index < -0.39 is 0 Å². The summed E-state index contributed by atoms with van der Waals surface area (Å²) in [6.45, 7) is 17.0. The molecular formula is C23H36N2. The van der Waals surface area contributed by atoms with Gasteiger partial charge >= 0.3 is 0 Å². The third-order valence-corrected chi connectivity index (χ3v) is 4.61. The van der Waals surface area contributed by atoms with Crippen molar-refractivity contribution in [3.63, 3.8) is 0 Å². The van der Waals surface area contributed by atoms with Crippen LogP contribution in [0.1, 0.15) is 86.8 Å². The van der Waals surface area contributed by atoms with Crippen molar-refractivity contribution in [3.8, 4) is 0 Å². The zero-order valence-electron chi connectivity index (χ0n) is 17.3. The van der Waals surface area contributed by atoms with Gasteiger partial charge in [0.1, 0.15) is 0 Å². The molecule has 0 saturated heterocycles. The highest BCUT2D eigenvalue weighted by Crippen LogP contribution is 2.30. The summed E-state index contributed by atoms with van der Waals surface area (Å²) in [5.41, 5.74) is 21.8. The smallest absolute Gasteiger partial charge is 0.0379 e. The lowest BCUT2D eigenvalue weighted by Crippen LogP contribution is -2.04. The molecule has 2 aromatic carbocycles. The minimum atomic E-state index is 0.438. The first kappa shape index (κ1) is 21.1. The topological polar surface area (TPSA) is 52.0 Å². The van der Waals surface area contributed by atoms with Gasteiger partial charge < -0.3 is 11.5 Å². The monoisotopic (exact) mass is 340 g/mol. The van der Waals surface area contributed by atoms with Gasteiger partial charge in [-0.1, -0.05) is 65.8 Å². The Morgan fingerprint density at radius 3 is 1.28 bits per heavy atom. The number of anilines is 2. The van der Waals surface area contributed by atoms with Gasteiger partial charge in [0.05, 0.1) is 0 Å². The van der Waals surface area contributed by atoms with Crippen LogP contribution in [0.5, 0.6) is 0 Å². The maximum Gasteiger partial charge on any atom is 0.0379 e. The molecule has 0 unspecified atom stereocenters. The maximum absolute atomic E-state index is 6.24. The molecule has 0 aliphatic carbocycles. The van der Waals surface area contributed by atoms with E-state index >= 15 is 0 Å². The highest BCUT2D eigenvalue weighted by molar-refractivity contribution is 5.59. The predicted octanol–water partition coefficient (Wildman–Crippen LogP) is 6.33. The second-order valence-electron chi connectivity index (χ2n) is 7.32. The quantitative estimate of drug-likeness (QED) is 0.639. The van der Waals surface area contributed by atoms with E-state index in [1.807, 2.05) is 13.8 Å². The van der Waals surface area contributed by atoms with Gasteiger partial charge in [-0.05, 0) is 65.5 Å². The van der Waals surface area contributed by atoms with Crippen molar-refractivity contribution in [2.75, 3.05) is 11.5 Å². The molecule has 2 rings (SSSR count). The number of rotatable bonds is 4. The summed E-state index contributed by atoms with van der Waals surface area (Å²) in [5, 5.41) is 0. The molecule has 0 spiro atoms. The van der Waals surface area contributed by atoms with Gasteiger partial charge in [-0.25, -0.2) is 0 Å². The lowest BCUT2D eigenvalue weighted by atomic mass is 9.90. The first-order valence-electron chi connectivity index (χ1n) is 9.48. The first-order valence-corrected chi connectivity index (χ1v) is 9.48. The van der Waals surface area contributed by atoms with Crippen molar-refractivity contribution >= 4 is 11.4 Å². The zero-order chi connectivity index (χ0) is 19.3. The van der Waals surface area contributed by atoms with E-state index in [1.165, 1.54) is 33.4 Å². The molecule has 0 atom stereocenters. The lowest BCUT2D eigenvalue weighted by Gasteiger charge is -2.17. The van der Waals surface area contributed by atoms with Crippen molar-refractivity contribution in [1.82, 2.24) is 0 Å². The summed E-state index contributed by atoms with van der Waals surface area (Å²) in [7, 11) is 0. The van der Waals surface area contributed by atoms with Crippen molar-refractivity contribution in [2.45, 2.75) is 73.6 Å². The second kappa shape index (κ2) is 8.94. The number of nitrogen functional groups attached to an aromatic ring is 2. The molecule has 0 aromatic heterocycles. The largest absolute Gasteiger partial charge is 0.398 e. The van der Waals surface area contributed by atoms with E-state index in [2.05, 4.69) is 65.8 Å². The molecule has 0 fully saturated rings. The molecule has 0 amide bonds. The highest BCUT2D eigenvalue weighted by atomic mass is 14.6. The Labute approximate surface area is 154 Å². The van der Waals surface area contributed by atoms with Crippen LogP contribution in [-0.4, -0.2) is 0 Å². The fraction of sp³-hybridized carbons (Fsp3) is 0.478. The Kier molecular flexibility index (Phi) is 7.54. The summed E-state index contributed by atoms with van der Waals surface area (Å²) in [6.07, 6.45) is 0.918. The van der Waals surface area contributed by atoms with Crippen LogP contribution in [0.2, 0.25) is 0 Å². The van der Waals surface area contributed by atoms with Crippen LogP contribution in [-0.2, 0) is 6.42 Å². The summed E-state index contributed by atoms with van der Waals surface area (Å²) >= 11 is 0. The van der Waals surface area contributed by atoms with Crippen molar-refractivity contribution in [3.05, 3.63) is 57.6 Å². The summed E-state index contributed by atoms with van der Waals surface area (Å²) in [4.78, 5) is 0. The Balaban J connectivity index is 0.00000151. The van der Waals surface area contributed by atoms with E-state index in [0.29, 0.717) is 11.8 Å². The average molecular weight is 341 g/mol. The van der Waals surface area contributed by atoms with Gasteiger partial charge in [0, 0.05) is 11.4 Å². The molecule has 0 aliphatic rings. The van der Waals surface area contributed by atoms with E-state index in [1.54, 1.807) is 0 Å². The zero-order valence-corrected chi connectivity index (χ0v) is 17.3. The van der Waals surface area contributed by atoms with E-state index in [9.17, 15) is 0 Å². The molecule has 4 N–H and O–H groups in total. The second-order valence-corrected chi connectivity index (χ2v) is 7.32. The minimum absolute atomic E-state index is 0.438. The summed E-state index contributed by atoms with van der Waals surface area (Å²) < 4.78 is 0. The van der Waals surface area contributed by atoms with Crippen molar-refractivity contribution in [2.24, 2.45) is 0 Å². The molecule has 0 saturated carbocycles. The highest BCUT2D eigenvalue weighted by Gasteiger charge is 2.12. The SMILES string of the molecule is CC.Cc1cc(Cc2cc(C)c(N)c(C(C)C)c2)cc(C(C)C)c1N. The van der Waals surface area contributed by atoms with E-state index in [4.69, 9.17) is 11.5 Å². The Morgan fingerprint density at radius 2 is 1.00 bits per heavy atom. The summed E-state index contributed by atoms with van der Waals surface area (Å²) in [5.74, 6) is 0.876. The van der Waals surface area contributed by atoms with Crippen LogP contribution in [0.15, 0.2) is 24.3 Å². The normalized spacial score (nSPS) is 10.8. The third-order valence-electron chi connectivity index (χ3n) is 4.61. The maximum atomic E-state index is 6.24. The number of hydrogen-bond acceptors (Lipinski definition) is 2. The molecule has 0 radical (unpaired) electrons. The number of benzene rings is 2. The fourth-order valence-corrected chi connectivity index (χ4v) is 3.20. The Morgan fingerprint density at radius 1 is 0.680 bits per heavy atom. The van der Waals surface area contributed by atoms with Crippen LogP contribution in [0.4, 0.5) is 11.4 Å². The van der Waals surface area contributed by atoms with Gasteiger partial charge in [0.15, 0.2) is 0 Å². The van der Waals surface area contributed by atoms with Gasteiger partial charge in [-0.2, -0.15) is 0 Å². The van der Waals surface area contributed by atoms with Gasteiger partial charge in [-0.3, -0.25) is 0 Å². The van der Waals surface area contributed by atoms with Crippen LogP contribution in [0.25, 0.3) is 0 Å². The van der Waals surface area contributed by atoms with Crippen LogP contribution < -0.4 is 11.5 Å². The molecular weight excluding hydrogens is 304 g/mol. The van der Waals surface area contributed by atoms with E-state index in [-0.39, 0.29) is 0 Å². The molecule has 0 bridgehead atoms. The van der Waals surface area contributed by atoms with Gasteiger partial charge in [0.2, 0.25) is 0 Å². The van der Waals surface area contributed by atoms with Crippen LogP contribution >= 0.6 is 0 Å². The molecule has 138 valence electrons. The van der Waals surface area contributed by atoms with Gasteiger partial charge in [0.25, 0.3) is 0 Å². The van der Waals surface area contributed by atoms with Crippen molar-refractivity contribution < 1.29 is 0 Å². The third kappa shape index (κ3) is 5.01. The number of hydrogen-bond donors (Lipinski definition) is 2. The predicted molar refractivity (Wildman–Crippen MR) is 114 cm³/mol. The Hall–Kier alpha value is -1.96. The Bertz CT molecular complexity index is 651. The van der Waals surface area contributed by atoms with Crippen molar-refractivity contribution in [1.29, 1.82) is 0 Å². The first-order chi connectivity index (χ1) is 11.7. The summed E-state index contributed by atoms with van der Waals surface area (Å²) in [6, 6.07) is 8.94. The van der Waals surface area contributed by atoms with E-state index in [0.717, 1.165) is 17.8 Å². The van der Waals surface area contributed by atoms with Crippen LogP contribution in [0.3, 0.4) is 0 Å². The standard InChI is InChI=1S/C21H30N2.C2H6/c1-12(2)18-10-16(7-14(5)20(18)22)9-17-8-15(6)21(23)19(11-17)13(3)4;1-2/h7-8,10-13H,9,22-23H2,1-6H3;1-2H3. The lowest BCUT2D eigenvalue weighted by molar-refractivity contribution is 0.861. The fourth-order valence-electron chi connectivity index (χ4n) is 3.20. The average Bonchev–Trinajstić information content (AvgIpc) is 2.55. The molecule has 0 heterocycles. The van der Waals surface area contributed by atoms with Crippen LogP contribution in [0, 0.1) is 13.8 Å².